The molecule has 6 heterocycles. The highest BCUT2D eigenvalue weighted by Gasteiger charge is 2.72. The third-order valence-corrected chi connectivity index (χ3v) is 22.4. The third kappa shape index (κ3) is 12.0. The molecule has 1 aromatic heterocycles. The summed E-state index contributed by atoms with van der Waals surface area (Å²) in [7, 11) is 1.61. The van der Waals surface area contributed by atoms with E-state index in [9.17, 15) is 50.9 Å². The Bertz CT molecular complexity index is 3090. The van der Waals surface area contributed by atoms with Crippen molar-refractivity contribution in [2.45, 2.75) is 201 Å². The van der Waals surface area contributed by atoms with Crippen LogP contribution in [0.1, 0.15) is 155 Å². The van der Waals surface area contributed by atoms with Crippen LogP contribution in [0.4, 0.5) is 0 Å². The van der Waals surface area contributed by atoms with Crippen LogP contribution in [-0.4, -0.2) is 145 Å². The van der Waals surface area contributed by atoms with Crippen LogP contribution in [-0.2, 0) is 31.8 Å². The number of rotatable bonds is 20. The predicted octanol–water partition coefficient (Wildman–Crippen LogP) is 7.79. The number of carbonyl (C=O) groups is 1. The second-order valence-electron chi connectivity index (χ2n) is 27.1. The van der Waals surface area contributed by atoms with Crippen molar-refractivity contribution in [2.24, 2.45) is 46.3 Å². The highest BCUT2D eigenvalue weighted by atomic mass is 16.7. The fourth-order valence-corrected chi connectivity index (χ4v) is 18.3. The number of benzene rings is 2. The highest BCUT2D eigenvalue weighted by molar-refractivity contribution is 5.87. The normalized spacial score (nSPS) is 37.8. The van der Waals surface area contributed by atoms with Gasteiger partial charge in [0.2, 0.25) is 6.29 Å². The maximum atomic E-state index is 14.1. The average molecular weight is 1200 g/mol. The number of aliphatic hydroxyl groups is 7. The molecule has 1 saturated heterocycles. The number of carboxylic acid groups (broad SMARTS) is 1. The topological polar surface area (TPSA) is 266 Å². The van der Waals surface area contributed by atoms with E-state index in [-0.39, 0.29) is 105 Å². The van der Waals surface area contributed by atoms with E-state index in [2.05, 4.69) is 49.1 Å². The number of aromatic nitrogens is 1. The summed E-state index contributed by atoms with van der Waals surface area (Å²) >= 11 is 0. The predicted molar refractivity (Wildman–Crippen MR) is 323 cm³/mol. The minimum Gasteiger partial charge on any atom is -0.482 e. The molecule has 0 amide bonds. The Morgan fingerprint density at radius 2 is 1.84 bits per heavy atom. The maximum Gasteiger partial charge on any atom is 0.335 e. The Morgan fingerprint density at radius 1 is 1.02 bits per heavy atom. The molecule has 21 unspecified atom stereocenters. The smallest absolute Gasteiger partial charge is 0.335 e. The van der Waals surface area contributed by atoms with Gasteiger partial charge in [-0.15, -0.1) is 6.58 Å². The zero-order valence-corrected chi connectivity index (χ0v) is 50.7. The van der Waals surface area contributed by atoms with Gasteiger partial charge < -0.3 is 74.4 Å². The monoisotopic (exact) mass is 1200 g/mol. The summed E-state index contributed by atoms with van der Waals surface area (Å²) in [5.74, 6) is 2.59. The molecule has 9 N–H and O–H groups in total. The van der Waals surface area contributed by atoms with Gasteiger partial charge in [0.25, 0.3) is 0 Å². The summed E-state index contributed by atoms with van der Waals surface area (Å²) in [5.41, 5.74) is -0.661. The molecule has 9 aliphatic rings. The molecule has 470 valence electrons. The van der Waals surface area contributed by atoms with E-state index in [0.717, 1.165) is 48.8 Å². The molecule has 87 heavy (non-hydrogen) atoms. The van der Waals surface area contributed by atoms with Crippen LogP contribution in [0.5, 0.6) is 5.75 Å². The Hall–Kier alpha value is -5.54. The lowest BCUT2D eigenvalue weighted by molar-refractivity contribution is -0.337. The first kappa shape index (κ1) is 63.0. The van der Waals surface area contributed by atoms with Crippen molar-refractivity contribution < 1.29 is 69.3 Å². The molecule has 21 atom stereocenters. The van der Waals surface area contributed by atoms with Gasteiger partial charge in [-0.05, 0) is 190 Å². The number of fused-ring (bicyclic) bond motifs is 7. The standard InChI is InChI=1S/C70H91N3O14/c1-5-9-45-18-20-51(33-48(45)32-49(40-83-4)58(39-75)73-29-26-44(37-71)38-73)85-66-70-36-55(59(77)11-8-31-84-60(12-7-30-74)63(86-66)62(78)64(70)79)67(34-52(87-70)21-24-56-42(2)13-23-57(72-56)43(3)76)28-25-61-68(82,41-67)35-54-53(22-19-50-10-6-27-69(50,54)61)46-14-16-47(17-15-46)65(80)81/h5,13-18,20,23,26,29,33-34,38,42-43,49-50,53-64,66,72,74-79,82H,1,6-7,9-12,19,21-22,24-25,27-28,30,32,35-36,39-41H2,2-4H3,(H,80,81). The lowest BCUT2D eigenvalue weighted by Crippen LogP contribution is -2.71. The Labute approximate surface area is 512 Å². The van der Waals surface area contributed by atoms with E-state index >= 15 is 0 Å². The van der Waals surface area contributed by atoms with E-state index in [0.29, 0.717) is 67.9 Å². The number of nitrogens with zero attached hydrogens (tertiary/aromatic N) is 2. The second-order valence-corrected chi connectivity index (χ2v) is 27.1. The van der Waals surface area contributed by atoms with Gasteiger partial charge in [0.05, 0.1) is 60.0 Å². The largest absolute Gasteiger partial charge is 0.482 e. The molecule has 5 fully saturated rings. The van der Waals surface area contributed by atoms with Crippen molar-refractivity contribution >= 4 is 5.97 Å². The van der Waals surface area contributed by atoms with E-state index in [1.807, 2.05) is 47.1 Å². The molecule has 3 aromatic rings. The molecule has 12 rings (SSSR count). The van der Waals surface area contributed by atoms with Gasteiger partial charge in [-0.3, -0.25) is 0 Å². The van der Waals surface area contributed by atoms with Crippen molar-refractivity contribution in [2.75, 3.05) is 26.9 Å². The van der Waals surface area contributed by atoms with Crippen molar-refractivity contribution in [1.82, 2.24) is 9.88 Å². The van der Waals surface area contributed by atoms with Crippen LogP contribution in [0.3, 0.4) is 0 Å². The lowest BCUT2D eigenvalue weighted by Gasteiger charge is -2.56. The van der Waals surface area contributed by atoms with E-state index in [4.69, 9.17) is 23.7 Å². The summed E-state index contributed by atoms with van der Waals surface area (Å²) in [4.78, 5) is 12.0. The quantitative estimate of drug-likeness (QED) is 0.0386. The molecule has 5 aliphatic heterocycles. The molecule has 17 heteroatoms. The van der Waals surface area contributed by atoms with Gasteiger partial charge in [-0.25, -0.2) is 4.79 Å². The van der Waals surface area contributed by atoms with E-state index in [1.165, 1.54) is 0 Å². The number of hydrogen-bond acceptors (Lipinski definition) is 15. The van der Waals surface area contributed by atoms with Gasteiger partial charge in [0.15, 0.2) is 5.60 Å². The fraction of sp³-hybridized carbons (Fsp3) is 0.629. The van der Waals surface area contributed by atoms with Crippen LogP contribution in [0.2, 0.25) is 0 Å². The molecule has 3 spiro atoms. The number of hydrogen-bond donors (Lipinski definition) is 9. The molecule has 3 bridgehead atoms. The molecular formula is C70H91N3O14. The van der Waals surface area contributed by atoms with Crippen molar-refractivity contribution in [3.63, 3.8) is 0 Å². The SMILES string of the molecule is C=CCc1ccc(OC2OC3C(CCCO)OC#CCC(O)C4CC2(OC(CCC2NC(C(C)O)C=CC2C)=CC42CCC4C(O)(CC5C(c6ccc(C(=O)O)cc6)CCC6CCCC654)C2)C(O)C3O)cc1CC(COC)C(CO)n1ccc(C#N)c1. The van der Waals surface area contributed by atoms with E-state index in [1.54, 1.807) is 44.6 Å². The van der Waals surface area contributed by atoms with Crippen LogP contribution >= 0.6 is 0 Å². The zero-order chi connectivity index (χ0) is 61.4. The zero-order valence-electron chi connectivity index (χ0n) is 50.7. The second kappa shape index (κ2) is 26.1. The molecule has 2 aromatic carbocycles. The maximum absolute atomic E-state index is 14.1. The highest BCUT2D eigenvalue weighted by Crippen LogP contribution is 2.75. The van der Waals surface area contributed by atoms with Gasteiger partial charge >= 0.3 is 5.97 Å². The van der Waals surface area contributed by atoms with Crippen molar-refractivity contribution in [3.05, 3.63) is 125 Å². The Balaban J connectivity index is 1.03. The van der Waals surface area contributed by atoms with Crippen LogP contribution in [0.25, 0.3) is 0 Å². The van der Waals surface area contributed by atoms with Gasteiger partial charge in [0.1, 0.15) is 42.3 Å². The van der Waals surface area contributed by atoms with Crippen molar-refractivity contribution in [3.8, 4) is 23.8 Å². The van der Waals surface area contributed by atoms with Gasteiger partial charge in [-0.1, -0.05) is 55.7 Å². The lowest BCUT2D eigenvalue weighted by atomic mass is 9.50. The number of allylic oxidation sites excluding steroid dienone is 3. The number of methoxy groups -OCH3 is 1. The first-order valence-electron chi connectivity index (χ1n) is 32.0. The van der Waals surface area contributed by atoms with Gasteiger partial charge in [-0.2, -0.15) is 5.26 Å². The number of aliphatic hydroxyl groups excluding tert-OH is 6. The van der Waals surface area contributed by atoms with Crippen LogP contribution < -0.4 is 10.1 Å². The summed E-state index contributed by atoms with van der Waals surface area (Å²) in [6.45, 7) is 7.79. The fourth-order valence-electron chi connectivity index (χ4n) is 18.3. The Morgan fingerprint density at radius 3 is 2.56 bits per heavy atom. The third-order valence-electron chi connectivity index (χ3n) is 22.4. The van der Waals surface area contributed by atoms with Crippen molar-refractivity contribution in [1.29, 1.82) is 5.26 Å². The average Bonchev–Trinajstić information content (AvgIpc) is 1.56. The summed E-state index contributed by atoms with van der Waals surface area (Å²) < 4.78 is 35.8. The van der Waals surface area contributed by atoms with E-state index < -0.39 is 77.5 Å². The minimum atomic E-state index is -1.93. The first-order chi connectivity index (χ1) is 41.9. The number of carboxylic acids is 1. The van der Waals surface area contributed by atoms with Gasteiger partial charge in [0, 0.05) is 57.3 Å². The summed E-state index contributed by atoms with van der Waals surface area (Å²) in [5, 5.41) is 108. The Kier molecular flexibility index (Phi) is 18.9. The molecule has 17 nitrogen and oxygen atoms in total. The number of ether oxygens (including phenoxy) is 5. The number of aromatic carboxylic acids is 1. The molecular weight excluding hydrogens is 1110 g/mol. The summed E-state index contributed by atoms with van der Waals surface area (Å²) in [6.07, 6.45) is 14.7. The number of nitriles is 1. The first-order valence-corrected chi connectivity index (χ1v) is 32.0. The van der Waals surface area contributed by atoms with Crippen LogP contribution in [0.15, 0.2) is 97.6 Å². The molecule has 4 saturated carbocycles. The molecule has 4 aliphatic carbocycles. The summed E-state index contributed by atoms with van der Waals surface area (Å²) in [6, 6.07) is 16.0. The van der Waals surface area contributed by atoms with Crippen LogP contribution in [0, 0.1) is 69.7 Å². The molecule has 0 radical (unpaired) electrons. The number of nitrogens with one attached hydrogen (secondary N) is 1. The minimum absolute atomic E-state index is 0.0258.